The second-order valence-corrected chi connectivity index (χ2v) is 6.11. The summed E-state index contributed by atoms with van der Waals surface area (Å²) < 4.78 is 12.8. The number of hydrogen-bond acceptors (Lipinski definition) is 5. The number of carbonyl (C=O) groups excluding carboxylic acids is 1. The summed E-state index contributed by atoms with van der Waals surface area (Å²) in [5, 5.41) is 11.0. The molecule has 136 valence electrons. The number of aromatic nitrogens is 3. The summed E-state index contributed by atoms with van der Waals surface area (Å²) in [7, 11) is 0. The van der Waals surface area contributed by atoms with Crippen LogP contribution in [-0.2, 0) is 13.2 Å². The highest BCUT2D eigenvalue weighted by molar-refractivity contribution is 6.03. The van der Waals surface area contributed by atoms with E-state index >= 15 is 0 Å². The molecule has 0 radical (unpaired) electrons. The molecule has 7 nitrogen and oxygen atoms in total. The van der Waals surface area contributed by atoms with Crippen molar-refractivity contribution in [2.75, 3.05) is 5.32 Å². The summed E-state index contributed by atoms with van der Waals surface area (Å²) in [5.41, 5.74) is 2.95. The molecule has 0 spiro atoms. The molecule has 0 aliphatic rings. The van der Waals surface area contributed by atoms with Crippen LogP contribution in [0.2, 0.25) is 0 Å². The Kier molecular flexibility index (Phi) is 5.06. The molecule has 0 aliphatic carbocycles. The van der Waals surface area contributed by atoms with Crippen LogP contribution in [0.4, 0.5) is 5.82 Å². The molecular weight excluding hydrogens is 332 g/mol. The fraction of sp³-hybridized carbons (Fsp3) is 0.316. The van der Waals surface area contributed by atoms with E-state index < -0.39 is 0 Å². The zero-order chi connectivity index (χ0) is 18.7. The average molecular weight is 354 g/mol. The van der Waals surface area contributed by atoms with Crippen LogP contribution in [0, 0.1) is 20.8 Å². The van der Waals surface area contributed by atoms with Gasteiger partial charge in [-0.3, -0.25) is 9.48 Å². The van der Waals surface area contributed by atoms with Crippen LogP contribution >= 0.6 is 0 Å². The van der Waals surface area contributed by atoms with E-state index in [2.05, 4.69) is 15.6 Å². The molecule has 2 heterocycles. The topological polar surface area (TPSA) is 82.2 Å². The maximum absolute atomic E-state index is 12.6. The normalized spacial score (nSPS) is 10.8. The first-order chi connectivity index (χ1) is 12.5. The Hall–Kier alpha value is -3.09. The molecule has 0 aliphatic heterocycles. The number of carbonyl (C=O) groups is 1. The number of anilines is 1. The Bertz CT molecular complexity index is 910. The lowest BCUT2D eigenvalue weighted by Crippen LogP contribution is -2.16. The minimum atomic E-state index is -0.370. The van der Waals surface area contributed by atoms with Crippen molar-refractivity contribution >= 4 is 11.7 Å². The van der Waals surface area contributed by atoms with E-state index in [1.54, 1.807) is 6.92 Å². The molecule has 0 bridgehead atoms. The van der Waals surface area contributed by atoms with Gasteiger partial charge in [-0.2, -0.15) is 5.10 Å². The third-order valence-electron chi connectivity index (χ3n) is 4.13. The van der Waals surface area contributed by atoms with Gasteiger partial charge in [0.25, 0.3) is 5.91 Å². The Balaban J connectivity index is 1.73. The fourth-order valence-corrected chi connectivity index (χ4v) is 2.60. The van der Waals surface area contributed by atoms with Crippen molar-refractivity contribution in [1.82, 2.24) is 14.9 Å². The van der Waals surface area contributed by atoms with Gasteiger partial charge < -0.3 is 14.6 Å². The molecule has 1 amide bonds. The zero-order valence-corrected chi connectivity index (χ0v) is 15.4. The highest BCUT2D eigenvalue weighted by Crippen LogP contribution is 2.19. The van der Waals surface area contributed by atoms with Crippen molar-refractivity contribution in [2.45, 2.75) is 40.8 Å². The lowest BCUT2D eigenvalue weighted by molar-refractivity contribution is 0.101. The van der Waals surface area contributed by atoms with E-state index in [0.717, 1.165) is 23.6 Å². The lowest BCUT2D eigenvalue weighted by Gasteiger charge is -2.07. The van der Waals surface area contributed by atoms with Crippen LogP contribution in [0.5, 0.6) is 5.75 Å². The van der Waals surface area contributed by atoms with Crippen molar-refractivity contribution in [3.63, 3.8) is 0 Å². The first-order valence-corrected chi connectivity index (χ1v) is 8.48. The summed E-state index contributed by atoms with van der Waals surface area (Å²) in [6.45, 7) is 8.63. The molecule has 26 heavy (non-hydrogen) atoms. The van der Waals surface area contributed by atoms with Crippen LogP contribution in [0.3, 0.4) is 0 Å². The standard InChI is InChI=1S/C19H22N4O3/c1-5-23-13(3)10-17(21-23)20-19(24)18-16(14(4)26-22-18)11-25-15-8-6-12(2)7-9-15/h6-10H,5,11H2,1-4H3,(H,20,21,24). The molecule has 1 N–H and O–H groups in total. The molecule has 0 fully saturated rings. The van der Waals surface area contributed by atoms with Gasteiger partial charge in [-0.1, -0.05) is 22.9 Å². The van der Waals surface area contributed by atoms with E-state index in [0.29, 0.717) is 17.1 Å². The number of nitrogens with one attached hydrogen (secondary N) is 1. The number of amides is 1. The van der Waals surface area contributed by atoms with Crippen molar-refractivity contribution in [1.29, 1.82) is 0 Å². The Morgan fingerprint density at radius 1 is 1.23 bits per heavy atom. The van der Waals surface area contributed by atoms with Gasteiger partial charge in [0, 0.05) is 18.3 Å². The summed E-state index contributed by atoms with van der Waals surface area (Å²) in [6.07, 6.45) is 0. The maximum Gasteiger partial charge on any atom is 0.279 e. The number of ether oxygens (including phenoxy) is 1. The number of aryl methyl sites for hydroxylation is 4. The van der Waals surface area contributed by atoms with Crippen molar-refractivity contribution < 1.29 is 14.1 Å². The van der Waals surface area contributed by atoms with Crippen molar-refractivity contribution in [2.24, 2.45) is 0 Å². The van der Waals surface area contributed by atoms with Gasteiger partial charge in [0.15, 0.2) is 11.5 Å². The molecule has 2 aromatic heterocycles. The molecule has 0 atom stereocenters. The monoisotopic (exact) mass is 354 g/mol. The van der Waals surface area contributed by atoms with Crippen molar-refractivity contribution in [3.05, 3.63) is 58.6 Å². The zero-order valence-electron chi connectivity index (χ0n) is 15.4. The summed E-state index contributed by atoms with van der Waals surface area (Å²) in [6, 6.07) is 9.53. The number of nitrogens with zero attached hydrogens (tertiary/aromatic N) is 3. The van der Waals surface area contributed by atoms with Crippen LogP contribution < -0.4 is 10.1 Å². The smallest absolute Gasteiger partial charge is 0.279 e. The largest absolute Gasteiger partial charge is 0.489 e. The van der Waals surface area contributed by atoms with E-state index in [-0.39, 0.29) is 18.2 Å². The van der Waals surface area contributed by atoms with Gasteiger partial charge in [-0.05, 0) is 39.8 Å². The van der Waals surface area contributed by atoms with E-state index in [1.165, 1.54) is 0 Å². The minimum Gasteiger partial charge on any atom is -0.489 e. The first kappa shape index (κ1) is 17.7. The van der Waals surface area contributed by atoms with Gasteiger partial charge >= 0.3 is 0 Å². The third kappa shape index (κ3) is 3.77. The summed E-state index contributed by atoms with van der Waals surface area (Å²) in [4.78, 5) is 12.6. The fourth-order valence-electron chi connectivity index (χ4n) is 2.60. The van der Waals surface area contributed by atoms with E-state index in [4.69, 9.17) is 9.26 Å². The van der Waals surface area contributed by atoms with Crippen LogP contribution in [-0.4, -0.2) is 20.8 Å². The van der Waals surface area contributed by atoms with Gasteiger partial charge in [0.2, 0.25) is 0 Å². The van der Waals surface area contributed by atoms with Crippen molar-refractivity contribution in [3.8, 4) is 5.75 Å². The molecule has 7 heteroatoms. The Labute approximate surface area is 151 Å². The van der Waals surface area contributed by atoms with Crippen LogP contribution in [0.25, 0.3) is 0 Å². The molecule has 0 unspecified atom stereocenters. The lowest BCUT2D eigenvalue weighted by atomic mass is 10.2. The Morgan fingerprint density at radius 3 is 2.62 bits per heavy atom. The molecule has 3 aromatic rings. The quantitative estimate of drug-likeness (QED) is 0.731. The first-order valence-electron chi connectivity index (χ1n) is 8.48. The predicted octanol–water partition coefficient (Wildman–Crippen LogP) is 3.65. The molecule has 3 rings (SSSR count). The van der Waals surface area contributed by atoms with Gasteiger partial charge in [0.1, 0.15) is 18.1 Å². The van der Waals surface area contributed by atoms with E-state index in [1.807, 2.05) is 55.8 Å². The summed E-state index contributed by atoms with van der Waals surface area (Å²) >= 11 is 0. The average Bonchev–Trinajstić information content (AvgIpc) is 3.16. The number of rotatable bonds is 6. The third-order valence-corrected chi connectivity index (χ3v) is 4.13. The number of benzene rings is 1. The van der Waals surface area contributed by atoms with Crippen LogP contribution in [0.15, 0.2) is 34.9 Å². The van der Waals surface area contributed by atoms with E-state index in [9.17, 15) is 4.79 Å². The van der Waals surface area contributed by atoms with Gasteiger partial charge in [-0.25, -0.2) is 0 Å². The highest BCUT2D eigenvalue weighted by atomic mass is 16.5. The highest BCUT2D eigenvalue weighted by Gasteiger charge is 2.21. The molecule has 0 saturated carbocycles. The minimum absolute atomic E-state index is 0.198. The molecular formula is C19H22N4O3. The van der Waals surface area contributed by atoms with Gasteiger partial charge in [0.05, 0.1) is 5.56 Å². The van der Waals surface area contributed by atoms with Crippen LogP contribution in [0.1, 0.15) is 40.0 Å². The molecule has 0 saturated heterocycles. The second-order valence-electron chi connectivity index (χ2n) is 6.11. The molecule has 1 aromatic carbocycles. The SMILES string of the molecule is CCn1nc(NC(=O)c2noc(C)c2COc2ccc(C)cc2)cc1C. The predicted molar refractivity (Wildman–Crippen MR) is 97.3 cm³/mol. The summed E-state index contributed by atoms with van der Waals surface area (Å²) in [5.74, 6) is 1.39. The maximum atomic E-state index is 12.6. The Morgan fingerprint density at radius 2 is 1.96 bits per heavy atom. The number of hydrogen-bond donors (Lipinski definition) is 1. The van der Waals surface area contributed by atoms with Gasteiger partial charge in [-0.15, -0.1) is 0 Å². The second kappa shape index (κ2) is 7.43.